The lowest BCUT2D eigenvalue weighted by molar-refractivity contribution is -0.357. The molecule has 10 atom stereocenters. The summed E-state index contributed by atoms with van der Waals surface area (Å²) in [5.74, 6) is -0.454. The first-order valence-corrected chi connectivity index (χ1v) is 14.5. The van der Waals surface area contributed by atoms with Crippen LogP contribution in [0.4, 0.5) is 0 Å². The summed E-state index contributed by atoms with van der Waals surface area (Å²) in [7, 11) is 2.80. The molecule has 2 fully saturated rings. The van der Waals surface area contributed by atoms with E-state index in [9.17, 15) is 40.5 Å². The van der Waals surface area contributed by atoms with Crippen LogP contribution < -0.4 is 9.47 Å². The second kappa shape index (κ2) is 15.9. The van der Waals surface area contributed by atoms with E-state index in [0.717, 1.165) is 6.08 Å². The molecule has 0 radical (unpaired) electrons. The fourth-order valence-corrected chi connectivity index (χ4v) is 4.98. The molecule has 0 bridgehead atoms. The van der Waals surface area contributed by atoms with Crippen molar-refractivity contribution in [1.29, 1.82) is 0 Å². The van der Waals surface area contributed by atoms with Crippen LogP contribution in [-0.4, -0.2) is 131 Å². The van der Waals surface area contributed by atoms with Crippen molar-refractivity contribution >= 4 is 12.0 Å². The van der Waals surface area contributed by atoms with E-state index in [1.54, 1.807) is 18.2 Å². The summed E-state index contributed by atoms with van der Waals surface area (Å²) < 4.78 is 38.1. The molecule has 2 aromatic rings. The Labute approximate surface area is 264 Å². The fourth-order valence-electron chi connectivity index (χ4n) is 4.98. The number of rotatable bonds is 12. The highest BCUT2D eigenvalue weighted by Gasteiger charge is 2.50. The van der Waals surface area contributed by atoms with Crippen LogP contribution in [0, 0.1) is 0 Å². The Bertz CT molecular complexity index is 1340. The predicted octanol–water partition coefficient (Wildman–Crippen LogP) is -0.410. The fraction of sp³-hybridized carbons (Fsp3) is 0.516. The Morgan fingerprint density at radius 3 is 2.26 bits per heavy atom. The van der Waals surface area contributed by atoms with Gasteiger partial charge in [-0.1, -0.05) is 12.1 Å². The molecule has 2 aliphatic rings. The van der Waals surface area contributed by atoms with Crippen molar-refractivity contribution in [3.05, 3.63) is 53.6 Å². The molecule has 0 aromatic heterocycles. The third kappa shape index (κ3) is 8.44. The minimum atomic E-state index is -1.73. The van der Waals surface area contributed by atoms with Crippen molar-refractivity contribution in [2.75, 3.05) is 27.4 Å². The second-order valence-corrected chi connectivity index (χ2v) is 10.8. The molecule has 46 heavy (non-hydrogen) atoms. The van der Waals surface area contributed by atoms with Crippen LogP contribution in [0.15, 0.2) is 42.5 Å². The van der Waals surface area contributed by atoms with E-state index in [2.05, 4.69) is 0 Å². The minimum absolute atomic E-state index is 0.0217. The van der Waals surface area contributed by atoms with E-state index in [1.807, 2.05) is 0 Å². The Morgan fingerprint density at radius 2 is 1.57 bits per heavy atom. The zero-order valence-corrected chi connectivity index (χ0v) is 25.4. The number of hydrogen-bond donors (Lipinski definition) is 7. The van der Waals surface area contributed by atoms with Gasteiger partial charge in [0.1, 0.15) is 49.3 Å². The van der Waals surface area contributed by atoms with Gasteiger partial charge in [-0.25, -0.2) is 4.79 Å². The number of carbonyl (C=O) groups is 1. The molecule has 0 spiro atoms. The maximum atomic E-state index is 12.5. The average molecular weight is 653 g/mol. The van der Waals surface area contributed by atoms with E-state index in [0.29, 0.717) is 16.9 Å². The van der Waals surface area contributed by atoms with Gasteiger partial charge in [-0.15, -0.1) is 0 Å². The maximum absolute atomic E-state index is 12.5. The highest BCUT2D eigenvalue weighted by atomic mass is 16.7. The highest BCUT2D eigenvalue weighted by molar-refractivity contribution is 5.87. The van der Waals surface area contributed by atoms with Crippen molar-refractivity contribution in [2.24, 2.45) is 0 Å². The normalized spacial score (nSPS) is 31.5. The third-order valence-corrected chi connectivity index (χ3v) is 7.66. The molecule has 7 N–H and O–H groups in total. The topological polar surface area (TPSA) is 223 Å². The van der Waals surface area contributed by atoms with Gasteiger partial charge in [0.15, 0.2) is 35.6 Å². The molecule has 4 rings (SSSR count). The molecule has 0 aliphatic carbocycles. The number of hydrogen-bond acceptors (Lipinski definition) is 15. The summed E-state index contributed by atoms with van der Waals surface area (Å²) in [4.78, 5) is 12.5. The lowest BCUT2D eigenvalue weighted by Gasteiger charge is -2.45. The summed E-state index contributed by atoms with van der Waals surface area (Å²) >= 11 is 0. The van der Waals surface area contributed by atoms with Crippen LogP contribution in [-0.2, 0) is 34.9 Å². The molecular formula is C31H40O15. The van der Waals surface area contributed by atoms with Gasteiger partial charge >= 0.3 is 5.97 Å². The number of phenolic OH excluding ortho intramolecular Hbond substituents is 2. The van der Waals surface area contributed by atoms with Crippen LogP contribution in [0.1, 0.15) is 18.1 Å². The smallest absolute Gasteiger partial charge is 0.330 e. The van der Waals surface area contributed by atoms with Crippen LogP contribution in [0.25, 0.3) is 6.08 Å². The summed E-state index contributed by atoms with van der Waals surface area (Å²) in [5, 5.41) is 72.7. The zero-order valence-electron chi connectivity index (χ0n) is 25.4. The van der Waals surface area contributed by atoms with Gasteiger partial charge in [-0.05, 0) is 54.8 Å². The van der Waals surface area contributed by atoms with E-state index in [4.69, 9.17) is 33.2 Å². The van der Waals surface area contributed by atoms with Gasteiger partial charge in [0, 0.05) is 6.08 Å². The minimum Gasteiger partial charge on any atom is -0.504 e. The number of ether oxygens (including phenoxy) is 7. The van der Waals surface area contributed by atoms with E-state index in [1.165, 1.54) is 45.4 Å². The van der Waals surface area contributed by atoms with Crippen molar-refractivity contribution in [3.63, 3.8) is 0 Å². The first-order chi connectivity index (χ1) is 21.9. The molecule has 2 aromatic carbocycles. The number of aliphatic hydroxyl groups excluding tert-OH is 5. The molecule has 0 amide bonds. The first-order valence-electron chi connectivity index (χ1n) is 14.5. The number of benzene rings is 2. The number of methoxy groups -OCH3 is 2. The lowest BCUT2D eigenvalue weighted by atomic mass is 9.97. The van der Waals surface area contributed by atoms with E-state index in [-0.39, 0.29) is 30.3 Å². The van der Waals surface area contributed by atoms with E-state index < -0.39 is 74.0 Å². The Kier molecular flexibility index (Phi) is 12.2. The molecule has 15 nitrogen and oxygen atoms in total. The number of phenols is 2. The average Bonchev–Trinajstić information content (AvgIpc) is 3.04. The number of carbonyl (C=O) groups excluding carboxylic acids is 1. The van der Waals surface area contributed by atoms with Crippen LogP contribution in [0.5, 0.6) is 23.0 Å². The maximum Gasteiger partial charge on any atom is 0.330 e. The summed E-state index contributed by atoms with van der Waals surface area (Å²) in [6.45, 7) is 0.917. The number of aliphatic hydroxyl groups is 5. The van der Waals surface area contributed by atoms with Crippen LogP contribution >= 0.6 is 0 Å². The number of esters is 1. The van der Waals surface area contributed by atoms with Gasteiger partial charge in [0.05, 0.1) is 26.9 Å². The highest BCUT2D eigenvalue weighted by Crippen LogP contribution is 2.31. The summed E-state index contributed by atoms with van der Waals surface area (Å²) in [6.07, 6.45) is -12.0. The van der Waals surface area contributed by atoms with Gasteiger partial charge in [-0.3, -0.25) is 0 Å². The van der Waals surface area contributed by atoms with Gasteiger partial charge in [0.2, 0.25) is 0 Å². The molecule has 2 heterocycles. The third-order valence-electron chi connectivity index (χ3n) is 7.66. The van der Waals surface area contributed by atoms with Crippen molar-refractivity contribution in [1.82, 2.24) is 0 Å². The standard InChI is InChI=1S/C31H40O15/c1-15-24(35)26(37)27(38)31(44-15)46-29-25(36)22(14-43-23(34)9-6-16-4-7-18(32)21(13-16)41-3)45-30(28(29)39)42-11-10-17-5-8-20(40-2)19(33)12-17/h4-9,12-13,15,22,24-33,35-39H,10-11,14H2,1-3H3/b9-6+/t15-,22+,24-,25+,26+,27+,28+,29-,30+,31-/m0/s1. The zero-order chi connectivity index (χ0) is 33.5. The molecule has 2 aliphatic heterocycles. The Hall–Kier alpha value is -3.51. The predicted molar refractivity (Wildman–Crippen MR) is 157 cm³/mol. The molecular weight excluding hydrogens is 612 g/mol. The van der Waals surface area contributed by atoms with Crippen molar-refractivity contribution in [3.8, 4) is 23.0 Å². The van der Waals surface area contributed by atoms with Gasteiger partial charge in [-0.2, -0.15) is 0 Å². The lowest BCUT2D eigenvalue weighted by Crippen LogP contribution is -2.64. The SMILES string of the molecule is COc1ccc(CCO[C@@H]2O[C@H](COC(=O)/C=C/c3ccc(O)c(OC)c3)[C@@H](O)[C@H](O[C@@H]3O[C@@H](C)[C@H](O)[C@@H](O)[C@H]3O)[C@H]2O)cc1O. The van der Waals surface area contributed by atoms with Crippen LogP contribution in [0.2, 0.25) is 0 Å². The van der Waals surface area contributed by atoms with Crippen molar-refractivity contribution in [2.45, 2.75) is 74.8 Å². The molecule has 0 unspecified atom stereocenters. The molecule has 2 saturated heterocycles. The second-order valence-electron chi connectivity index (χ2n) is 10.8. The monoisotopic (exact) mass is 652 g/mol. The Morgan fingerprint density at radius 1 is 0.826 bits per heavy atom. The Balaban J connectivity index is 1.44. The molecule has 0 saturated carbocycles. The van der Waals surface area contributed by atoms with Gasteiger partial charge < -0.3 is 68.9 Å². The quantitative estimate of drug-likeness (QED) is 0.114. The van der Waals surface area contributed by atoms with E-state index >= 15 is 0 Å². The largest absolute Gasteiger partial charge is 0.504 e. The first kappa shape index (κ1) is 35.3. The molecule has 254 valence electrons. The molecule has 15 heteroatoms. The summed E-state index contributed by atoms with van der Waals surface area (Å²) in [5.41, 5.74) is 1.21. The summed E-state index contributed by atoms with van der Waals surface area (Å²) in [6, 6.07) is 9.23. The van der Waals surface area contributed by atoms with Crippen molar-refractivity contribution < 1.29 is 73.7 Å². The van der Waals surface area contributed by atoms with Gasteiger partial charge in [0.25, 0.3) is 0 Å². The van der Waals surface area contributed by atoms with Crippen LogP contribution in [0.3, 0.4) is 0 Å². The number of aromatic hydroxyl groups is 2.